The van der Waals surface area contributed by atoms with Gasteiger partial charge in [-0.1, -0.05) is 54.6 Å². The first-order valence-electron chi connectivity index (χ1n) is 11.7. The van der Waals surface area contributed by atoms with Crippen molar-refractivity contribution in [2.24, 2.45) is 0 Å². The second kappa shape index (κ2) is 11.6. The lowest BCUT2D eigenvalue weighted by Crippen LogP contribution is -2.27. The summed E-state index contributed by atoms with van der Waals surface area (Å²) >= 11 is 0. The molecule has 0 bridgehead atoms. The molecule has 38 heavy (non-hydrogen) atoms. The summed E-state index contributed by atoms with van der Waals surface area (Å²) in [5.74, 6) is -1.90. The summed E-state index contributed by atoms with van der Waals surface area (Å²) in [6, 6.07) is 16.9. The highest BCUT2D eigenvalue weighted by molar-refractivity contribution is 5.92. The molecule has 1 N–H and O–H groups in total. The maximum absolute atomic E-state index is 14.4. The number of rotatable bonds is 9. The quantitative estimate of drug-likeness (QED) is 0.246. The van der Waals surface area contributed by atoms with E-state index in [1.54, 1.807) is 4.90 Å². The van der Waals surface area contributed by atoms with Crippen molar-refractivity contribution in [3.8, 4) is 0 Å². The van der Waals surface area contributed by atoms with Crippen LogP contribution in [0.1, 0.15) is 51.6 Å². The van der Waals surface area contributed by atoms with Gasteiger partial charge >= 0.3 is 6.18 Å². The third-order valence-corrected chi connectivity index (χ3v) is 5.86. The Morgan fingerprint density at radius 1 is 0.974 bits per heavy atom. The van der Waals surface area contributed by atoms with Crippen LogP contribution in [0, 0.1) is 11.6 Å². The second-order valence-corrected chi connectivity index (χ2v) is 8.81. The molecule has 4 aromatic rings. The van der Waals surface area contributed by atoms with Crippen molar-refractivity contribution in [3.05, 3.63) is 125 Å². The molecule has 0 saturated carbocycles. The first-order chi connectivity index (χ1) is 18.1. The SMILES string of the molecule is CC(NC(=O)c1coc(CN(Cc2cccc(C(F)(F)F)c2)Cc2ccc(F)cc2F)n1)c1ccccc1. The van der Waals surface area contributed by atoms with Crippen molar-refractivity contribution in [1.29, 1.82) is 0 Å². The van der Waals surface area contributed by atoms with Crippen LogP contribution in [0.15, 0.2) is 83.5 Å². The van der Waals surface area contributed by atoms with Crippen LogP contribution in [0.5, 0.6) is 0 Å². The van der Waals surface area contributed by atoms with Gasteiger partial charge in [-0.05, 0) is 30.2 Å². The van der Waals surface area contributed by atoms with Gasteiger partial charge in [0.2, 0.25) is 5.89 Å². The molecular weight excluding hydrogens is 505 g/mol. The van der Waals surface area contributed by atoms with Gasteiger partial charge in [-0.2, -0.15) is 13.2 Å². The fourth-order valence-electron chi connectivity index (χ4n) is 3.94. The summed E-state index contributed by atoms with van der Waals surface area (Å²) in [4.78, 5) is 18.5. The van der Waals surface area contributed by atoms with E-state index >= 15 is 0 Å². The molecule has 1 amide bonds. The zero-order chi connectivity index (χ0) is 27.3. The van der Waals surface area contributed by atoms with Crippen molar-refractivity contribution in [2.75, 3.05) is 0 Å². The molecule has 1 aromatic heterocycles. The molecule has 1 unspecified atom stereocenters. The van der Waals surface area contributed by atoms with Crippen LogP contribution in [0.2, 0.25) is 0 Å². The van der Waals surface area contributed by atoms with Crippen molar-refractivity contribution in [2.45, 2.75) is 38.8 Å². The van der Waals surface area contributed by atoms with E-state index in [1.807, 2.05) is 37.3 Å². The molecule has 5 nitrogen and oxygen atoms in total. The number of benzene rings is 3. The minimum absolute atomic E-state index is 0.0182. The molecule has 1 heterocycles. The number of aromatic nitrogens is 1. The summed E-state index contributed by atoms with van der Waals surface area (Å²) < 4.78 is 72.8. The molecule has 0 spiro atoms. The number of hydrogen-bond acceptors (Lipinski definition) is 4. The summed E-state index contributed by atoms with van der Waals surface area (Å²) in [6.07, 6.45) is -3.34. The number of nitrogens with zero attached hydrogens (tertiary/aromatic N) is 2. The molecule has 10 heteroatoms. The minimum Gasteiger partial charge on any atom is -0.447 e. The lowest BCUT2D eigenvalue weighted by molar-refractivity contribution is -0.137. The average Bonchev–Trinajstić information content (AvgIpc) is 3.34. The largest absolute Gasteiger partial charge is 0.447 e. The van der Waals surface area contributed by atoms with Crippen LogP contribution in [0.3, 0.4) is 0 Å². The first kappa shape index (κ1) is 27.0. The van der Waals surface area contributed by atoms with E-state index in [4.69, 9.17) is 4.42 Å². The second-order valence-electron chi connectivity index (χ2n) is 8.81. The Labute approximate surface area is 215 Å². The van der Waals surface area contributed by atoms with Gasteiger partial charge in [0.1, 0.15) is 17.9 Å². The van der Waals surface area contributed by atoms with Crippen LogP contribution in [-0.4, -0.2) is 15.8 Å². The van der Waals surface area contributed by atoms with Crippen LogP contribution >= 0.6 is 0 Å². The Bertz CT molecular complexity index is 1390. The summed E-state index contributed by atoms with van der Waals surface area (Å²) in [6.45, 7) is 1.68. The molecule has 1 atom stereocenters. The summed E-state index contributed by atoms with van der Waals surface area (Å²) in [7, 11) is 0. The number of amides is 1. The molecule has 4 rings (SSSR count). The van der Waals surface area contributed by atoms with Crippen LogP contribution in [0.25, 0.3) is 0 Å². The fourth-order valence-corrected chi connectivity index (χ4v) is 3.94. The Morgan fingerprint density at radius 2 is 1.74 bits per heavy atom. The number of carbonyl (C=O) groups excluding carboxylic acids is 1. The Balaban J connectivity index is 1.52. The normalized spacial score (nSPS) is 12.5. The zero-order valence-electron chi connectivity index (χ0n) is 20.3. The molecule has 0 aliphatic heterocycles. The maximum Gasteiger partial charge on any atom is 0.416 e. The van der Waals surface area contributed by atoms with E-state index < -0.39 is 29.3 Å². The van der Waals surface area contributed by atoms with E-state index in [0.29, 0.717) is 5.56 Å². The van der Waals surface area contributed by atoms with Crippen LogP contribution < -0.4 is 5.32 Å². The lowest BCUT2D eigenvalue weighted by atomic mass is 10.1. The summed E-state index contributed by atoms with van der Waals surface area (Å²) in [5, 5.41) is 2.83. The monoisotopic (exact) mass is 529 g/mol. The van der Waals surface area contributed by atoms with Crippen molar-refractivity contribution < 1.29 is 31.2 Å². The number of hydrogen-bond donors (Lipinski definition) is 1. The van der Waals surface area contributed by atoms with Crippen molar-refractivity contribution in [1.82, 2.24) is 15.2 Å². The third-order valence-electron chi connectivity index (χ3n) is 5.86. The number of oxazole rings is 1. The molecule has 0 aliphatic carbocycles. The Kier molecular flexibility index (Phi) is 8.21. The molecule has 0 aliphatic rings. The Hall–Kier alpha value is -4.05. The predicted octanol–water partition coefficient (Wildman–Crippen LogP) is 6.67. The van der Waals surface area contributed by atoms with E-state index in [2.05, 4.69) is 10.3 Å². The van der Waals surface area contributed by atoms with E-state index in [-0.39, 0.29) is 42.8 Å². The van der Waals surface area contributed by atoms with Gasteiger partial charge in [0.25, 0.3) is 5.91 Å². The van der Waals surface area contributed by atoms with Gasteiger partial charge in [0, 0.05) is 24.7 Å². The van der Waals surface area contributed by atoms with Gasteiger partial charge in [0.15, 0.2) is 5.69 Å². The summed E-state index contributed by atoms with van der Waals surface area (Å²) in [5.41, 5.74) is 0.571. The van der Waals surface area contributed by atoms with Gasteiger partial charge in [0.05, 0.1) is 18.2 Å². The van der Waals surface area contributed by atoms with Gasteiger partial charge < -0.3 is 9.73 Å². The Morgan fingerprint density at radius 3 is 2.45 bits per heavy atom. The lowest BCUT2D eigenvalue weighted by Gasteiger charge is -2.22. The highest BCUT2D eigenvalue weighted by atomic mass is 19.4. The molecule has 3 aromatic carbocycles. The number of carbonyl (C=O) groups is 1. The standard InChI is InChI=1S/C28H24F5N3O2/c1-18(20-7-3-2-4-8-20)34-27(37)25-17-38-26(35-25)16-36(15-21-10-11-23(29)13-24(21)30)14-19-6-5-9-22(12-19)28(31,32)33/h2-13,17-18H,14-16H2,1H3,(H,34,37). The van der Waals surface area contributed by atoms with E-state index in [1.165, 1.54) is 24.5 Å². The number of alkyl halides is 3. The molecule has 0 fully saturated rings. The highest BCUT2D eigenvalue weighted by Crippen LogP contribution is 2.30. The van der Waals surface area contributed by atoms with Gasteiger partial charge in [-0.3, -0.25) is 9.69 Å². The van der Waals surface area contributed by atoms with Gasteiger partial charge in [-0.25, -0.2) is 13.8 Å². The highest BCUT2D eigenvalue weighted by Gasteiger charge is 2.30. The number of halogens is 5. The minimum atomic E-state index is -4.52. The number of nitrogens with one attached hydrogen (secondary N) is 1. The predicted molar refractivity (Wildman–Crippen MR) is 130 cm³/mol. The topological polar surface area (TPSA) is 58.4 Å². The van der Waals surface area contributed by atoms with Crippen LogP contribution in [0.4, 0.5) is 22.0 Å². The van der Waals surface area contributed by atoms with Crippen molar-refractivity contribution >= 4 is 5.91 Å². The molecule has 198 valence electrons. The van der Waals surface area contributed by atoms with E-state index in [9.17, 15) is 26.7 Å². The van der Waals surface area contributed by atoms with Crippen LogP contribution in [-0.2, 0) is 25.8 Å². The molecule has 0 saturated heterocycles. The van der Waals surface area contributed by atoms with E-state index in [0.717, 1.165) is 29.8 Å². The molecular formula is C28H24F5N3O2. The molecule has 0 radical (unpaired) electrons. The fraction of sp³-hybridized carbons (Fsp3) is 0.214. The van der Waals surface area contributed by atoms with Crippen molar-refractivity contribution in [3.63, 3.8) is 0 Å². The third kappa shape index (κ3) is 7.04. The average molecular weight is 530 g/mol. The maximum atomic E-state index is 14.4. The first-order valence-corrected chi connectivity index (χ1v) is 11.7. The smallest absolute Gasteiger partial charge is 0.416 e. The zero-order valence-corrected chi connectivity index (χ0v) is 20.3. The van der Waals surface area contributed by atoms with Gasteiger partial charge in [-0.15, -0.1) is 0 Å².